The van der Waals surface area contributed by atoms with Gasteiger partial charge in [-0.1, -0.05) is 18.2 Å². The van der Waals surface area contributed by atoms with E-state index in [1.165, 1.54) is 0 Å². The largest absolute Gasteiger partial charge is 0.321 e. The number of hydrogen-bond donors (Lipinski definition) is 1. The standard InChI is InChI=1S/C11H11NO/c1-3-8-10-7(2)5-4-6-9(10)12-11(8)13/h3-6H,1-2H3,(H,12,13)/b8-3-. The molecule has 2 heteroatoms. The Morgan fingerprint density at radius 3 is 2.85 bits per heavy atom. The van der Waals surface area contributed by atoms with Crippen molar-refractivity contribution in [2.24, 2.45) is 0 Å². The van der Waals surface area contributed by atoms with E-state index in [-0.39, 0.29) is 5.91 Å². The summed E-state index contributed by atoms with van der Waals surface area (Å²) < 4.78 is 0. The maximum absolute atomic E-state index is 11.4. The Kier molecular flexibility index (Phi) is 1.69. The van der Waals surface area contributed by atoms with Crippen LogP contribution >= 0.6 is 0 Å². The summed E-state index contributed by atoms with van der Waals surface area (Å²) in [7, 11) is 0. The third-order valence-corrected chi connectivity index (χ3v) is 2.32. The van der Waals surface area contributed by atoms with Gasteiger partial charge in [0.15, 0.2) is 0 Å². The lowest BCUT2D eigenvalue weighted by Crippen LogP contribution is -2.03. The number of aryl methyl sites for hydroxylation is 1. The fourth-order valence-corrected chi connectivity index (χ4v) is 1.71. The second-order valence-electron chi connectivity index (χ2n) is 3.15. The predicted octanol–water partition coefficient (Wildman–Crippen LogP) is 2.35. The molecule has 2 nitrogen and oxygen atoms in total. The molecule has 0 saturated heterocycles. The number of fused-ring (bicyclic) bond motifs is 1. The minimum absolute atomic E-state index is 0.00630. The topological polar surface area (TPSA) is 29.1 Å². The van der Waals surface area contributed by atoms with Crippen LogP contribution in [0.15, 0.2) is 24.3 Å². The lowest BCUT2D eigenvalue weighted by atomic mass is 10.0. The van der Waals surface area contributed by atoms with Crippen molar-refractivity contribution in [3.63, 3.8) is 0 Å². The Labute approximate surface area is 77.3 Å². The summed E-state index contributed by atoms with van der Waals surface area (Å²) in [4.78, 5) is 11.4. The van der Waals surface area contributed by atoms with Gasteiger partial charge in [-0.05, 0) is 25.5 Å². The van der Waals surface area contributed by atoms with Gasteiger partial charge in [-0.25, -0.2) is 0 Å². The summed E-state index contributed by atoms with van der Waals surface area (Å²) in [6, 6.07) is 5.90. The molecule has 0 fully saturated rings. The lowest BCUT2D eigenvalue weighted by Gasteiger charge is -2.01. The molecular formula is C11H11NO. The van der Waals surface area contributed by atoms with Crippen molar-refractivity contribution in [1.29, 1.82) is 0 Å². The van der Waals surface area contributed by atoms with E-state index in [9.17, 15) is 4.79 Å². The highest BCUT2D eigenvalue weighted by Crippen LogP contribution is 2.33. The van der Waals surface area contributed by atoms with Crippen LogP contribution in [0.4, 0.5) is 5.69 Å². The van der Waals surface area contributed by atoms with Crippen LogP contribution in [0, 0.1) is 6.92 Å². The molecule has 2 rings (SSSR count). The summed E-state index contributed by atoms with van der Waals surface area (Å²) in [5.74, 6) is 0.00630. The molecule has 0 radical (unpaired) electrons. The SMILES string of the molecule is C/C=C1\C(=O)Nc2cccc(C)c21. The summed E-state index contributed by atoms with van der Waals surface area (Å²) >= 11 is 0. The van der Waals surface area contributed by atoms with Crippen LogP contribution in [0.3, 0.4) is 0 Å². The van der Waals surface area contributed by atoms with Gasteiger partial charge in [0, 0.05) is 16.8 Å². The van der Waals surface area contributed by atoms with Gasteiger partial charge in [-0.3, -0.25) is 4.79 Å². The molecular weight excluding hydrogens is 162 g/mol. The van der Waals surface area contributed by atoms with Crippen LogP contribution in [0.1, 0.15) is 18.1 Å². The first-order valence-corrected chi connectivity index (χ1v) is 4.31. The van der Waals surface area contributed by atoms with Crippen molar-refractivity contribution in [3.8, 4) is 0 Å². The van der Waals surface area contributed by atoms with E-state index in [0.717, 1.165) is 22.4 Å². The second-order valence-corrected chi connectivity index (χ2v) is 3.15. The van der Waals surface area contributed by atoms with Gasteiger partial charge < -0.3 is 5.32 Å². The highest BCUT2D eigenvalue weighted by atomic mass is 16.1. The molecule has 1 aliphatic rings. The average molecular weight is 173 g/mol. The molecule has 0 aromatic heterocycles. The van der Waals surface area contributed by atoms with Gasteiger partial charge in [0.2, 0.25) is 0 Å². The number of carbonyl (C=O) groups is 1. The van der Waals surface area contributed by atoms with Gasteiger partial charge in [0.25, 0.3) is 5.91 Å². The van der Waals surface area contributed by atoms with Gasteiger partial charge in [0.05, 0.1) is 0 Å². The Morgan fingerprint density at radius 2 is 2.15 bits per heavy atom. The van der Waals surface area contributed by atoms with Crippen molar-refractivity contribution in [2.45, 2.75) is 13.8 Å². The number of hydrogen-bond acceptors (Lipinski definition) is 1. The molecule has 66 valence electrons. The van der Waals surface area contributed by atoms with E-state index >= 15 is 0 Å². The molecule has 0 atom stereocenters. The van der Waals surface area contributed by atoms with Crippen LogP contribution in [0.5, 0.6) is 0 Å². The number of rotatable bonds is 0. The summed E-state index contributed by atoms with van der Waals surface area (Å²) in [5, 5.41) is 2.83. The summed E-state index contributed by atoms with van der Waals surface area (Å²) in [5.41, 5.74) is 3.91. The van der Waals surface area contributed by atoms with Crippen LogP contribution < -0.4 is 5.32 Å². The fraction of sp³-hybridized carbons (Fsp3) is 0.182. The molecule has 0 unspecified atom stereocenters. The van der Waals surface area contributed by atoms with Crippen molar-refractivity contribution in [3.05, 3.63) is 35.4 Å². The summed E-state index contributed by atoms with van der Waals surface area (Å²) in [6.45, 7) is 3.90. The van der Waals surface area contributed by atoms with E-state index in [0.29, 0.717) is 0 Å². The molecule has 0 aliphatic carbocycles. The van der Waals surface area contributed by atoms with Gasteiger partial charge in [-0.15, -0.1) is 0 Å². The molecule has 1 heterocycles. The first-order chi connectivity index (χ1) is 6.24. The first-order valence-electron chi connectivity index (χ1n) is 4.31. The molecule has 0 spiro atoms. The van der Waals surface area contributed by atoms with E-state index in [1.54, 1.807) is 0 Å². The normalized spacial score (nSPS) is 17.4. The molecule has 1 aromatic rings. The van der Waals surface area contributed by atoms with E-state index < -0.39 is 0 Å². The van der Waals surface area contributed by atoms with Crippen LogP contribution in [0.2, 0.25) is 0 Å². The highest BCUT2D eigenvalue weighted by Gasteiger charge is 2.24. The quantitative estimate of drug-likeness (QED) is 0.599. The maximum Gasteiger partial charge on any atom is 0.256 e. The maximum atomic E-state index is 11.4. The molecule has 0 saturated carbocycles. The Morgan fingerprint density at radius 1 is 1.38 bits per heavy atom. The van der Waals surface area contributed by atoms with Crippen molar-refractivity contribution in [1.82, 2.24) is 0 Å². The van der Waals surface area contributed by atoms with Crippen LogP contribution in [-0.2, 0) is 4.79 Å². The fourth-order valence-electron chi connectivity index (χ4n) is 1.71. The van der Waals surface area contributed by atoms with Crippen molar-refractivity contribution in [2.75, 3.05) is 5.32 Å². The minimum Gasteiger partial charge on any atom is -0.321 e. The molecule has 0 bridgehead atoms. The molecule has 13 heavy (non-hydrogen) atoms. The third kappa shape index (κ3) is 1.06. The van der Waals surface area contributed by atoms with Gasteiger partial charge >= 0.3 is 0 Å². The Balaban J connectivity index is 2.70. The number of nitrogens with one attached hydrogen (secondary N) is 1. The predicted molar refractivity (Wildman–Crippen MR) is 53.5 cm³/mol. The third-order valence-electron chi connectivity index (χ3n) is 2.32. The number of anilines is 1. The average Bonchev–Trinajstić information content (AvgIpc) is 2.42. The molecule has 1 aromatic carbocycles. The van der Waals surface area contributed by atoms with Gasteiger partial charge in [-0.2, -0.15) is 0 Å². The zero-order valence-corrected chi connectivity index (χ0v) is 7.72. The van der Waals surface area contributed by atoms with Crippen molar-refractivity contribution >= 4 is 17.2 Å². The van der Waals surface area contributed by atoms with Gasteiger partial charge in [0.1, 0.15) is 0 Å². The monoisotopic (exact) mass is 173 g/mol. The number of benzene rings is 1. The Bertz CT molecular complexity index is 405. The molecule has 1 N–H and O–H groups in total. The molecule has 1 aliphatic heterocycles. The van der Waals surface area contributed by atoms with Crippen molar-refractivity contribution < 1.29 is 4.79 Å². The first kappa shape index (κ1) is 8.05. The number of carbonyl (C=O) groups excluding carboxylic acids is 1. The second kappa shape index (κ2) is 2.73. The Hall–Kier alpha value is -1.57. The zero-order chi connectivity index (χ0) is 9.42. The van der Waals surface area contributed by atoms with E-state index in [2.05, 4.69) is 5.32 Å². The number of allylic oxidation sites excluding steroid dienone is 1. The lowest BCUT2D eigenvalue weighted by molar-refractivity contribution is -0.110. The number of amides is 1. The smallest absolute Gasteiger partial charge is 0.256 e. The van der Waals surface area contributed by atoms with E-state index in [4.69, 9.17) is 0 Å². The zero-order valence-electron chi connectivity index (χ0n) is 7.72. The van der Waals surface area contributed by atoms with E-state index in [1.807, 2.05) is 38.1 Å². The minimum atomic E-state index is 0.00630. The molecule has 1 amide bonds. The van der Waals surface area contributed by atoms with Crippen LogP contribution in [0.25, 0.3) is 5.57 Å². The highest BCUT2D eigenvalue weighted by molar-refractivity contribution is 6.31. The van der Waals surface area contributed by atoms with Crippen LogP contribution in [-0.4, -0.2) is 5.91 Å². The summed E-state index contributed by atoms with van der Waals surface area (Å²) in [6.07, 6.45) is 1.86.